The highest BCUT2D eigenvalue weighted by Gasteiger charge is 2.51. The van der Waals surface area contributed by atoms with E-state index in [1.165, 1.54) is 44.5 Å². The molecule has 0 saturated heterocycles. The molecule has 0 unspecified atom stereocenters. The number of fused-ring (bicyclic) bond motifs is 10. The van der Waals surface area contributed by atoms with Crippen molar-refractivity contribution in [2.24, 2.45) is 0 Å². The van der Waals surface area contributed by atoms with Crippen molar-refractivity contribution < 1.29 is 0 Å². The van der Waals surface area contributed by atoms with E-state index in [0.29, 0.717) is 5.69 Å². The maximum atomic E-state index is 9.31. The molecule has 2 aliphatic carbocycles. The van der Waals surface area contributed by atoms with E-state index in [1.807, 2.05) is 18.2 Å². The van der Waals surface area contributed by atoms with Crippen LogP contribution in [0.15, 0.2) is 128 Å². The normalized spacial score (nSPS) is 13.3. The summed E-state index contributed by atoms with van der Waals surface area (Å²) in [4.78, 5) is 9.14. The van der Waals surface area contributed by atoms with Gasteiger partial charge < -0.3 is 0 Å². The third-order valence-electron chi connectivity index (χ3n) is 8.21. The van der Waals surface area contributed by atoms with Crippen LogP contribution in [0.25, 0.3) is 44.8 Å². The molecule has 39 heavy (non-hydrogen) atoms. The van der Waals surface area contributed by atoms with Crippen molar-refractivity contribution in [1.29, 1.82) is 5.26 Å². The molecule has 2 heterocycles. The van der Waals surface area contributed by atoms with Crippen molar-refractivity contribution in [2.45, 2.75) is 5.41 Å². The fourth-order valence-corrected chi connectivity index (χ4v) is 6.66. The van der Waals surface area contributed by atoms with Crippen LogP contribution in [0, 0.1) is 11.3 Å². The first-order valence-electron chi connectivity index (χ1n) is 13.1. The van der Waals surface area contributed by atoms with E-state index in [4.69, 9.17) is 4.98 Å². The Kier molecular flexibility index (Phi) is 4.50. The minimum absolute atomic E-state index is 0.375. The van der Waals surface area contributed by atoms with Crippen LogP contribution in [0.2, 0.25) is 0 Å². The average molecular weight is 496 g/mol. The second-order valence-electron chi connectivity index (χ2n) is 10.1. The molecule has 0 atom stereocenters. The summed E-state index contributed by atoms with van der Waals surface area (Å²) < 4.78 is 0. The SMILES string of the molecule is N#Cc1cc(-c2cccc(-c3ccc4c(c3)C3(c5ccccc5-c5ccccc53)c3ccccc3-4)n2)ccn1. The van der Waals surface area contributed by atoms with Crippen LogP contribution in [0.4, 0.5) is 0 Å². The van der Waals surface area contributed by atoms with Crippen LogP contribution in [0.3, 0.4) is 0 Å². The van der Waals surface area contributed by atoms with Crippen molar-refractivity contribution in [3.63, 3.8) is 0 Å². The van der Waals surface area contributed by atoms with Crippen molar-refractivity contribution in [3.8, 4) is 50.8 Å². The Morgan fingerprint density at radius 1 is 0.513 bits per heavy atom. The van der Waals surface area contributed by atoms with E-state index < -0.39 is 0 Å². The number of aromatic nitrogens is 2. The summed E-state index contributed by atoms with van der Waals surface area (Å²) >= 11 is 0. The van der Waals surface area contributed by atoms with Gasteiger partial charge in [-0.3, -0.25) is 0 Å². The standard InChI is InChI=1S/C36H21N3/c37-22-25-20-24(18-19-38-25)35-15-7-14-34(39-35)23-16-17-29-28-10-3-6-13-32(28)36(33(29)21-23)30-11-4-1-8-26(30)27-9-2-5-12-31(27)36/h1-21H. The largest absolute Gasteiger partial charge is 0.248 e. The second-order valence-corrected chi connectivity index (χ2v) is 10.1. The van der Waals surface area contributed by atoms with Gasteiger partial charge in [-0.2, -0.15) is 5.26 Å². The van der Waals surface area contributed by atoms with Gasteiger partial charge in [0.05, 0.1) is 16.8 Å². The minimum atomic E-state index is -0.375. The summed E-state index contributed by atoms with van der Waals surface area (Å²) in [6, 6.07) is 45.2. The zero-order valence-electron chi connectivity index (χ0n) is 21.0. The predicted octanol–water partition coefficient (Wildman–Crippen LogP) is 8.03. The quantitative estimate of drug-likeness (QED) is 0.244. The second kappa shape index (κ2) is 8.08. The molecule has 0 bridgehead atoms. The molecule has 2 aliphatic rings. The molecule has 0 amide bonds. The van der Waals surface area contributed by atoms with Crippen LogP contribution in [-0.2, 0) is 5.41 Å². The summed E-state index contributed by atoms with van der Waals surface area (Å²) in [5.41, 5.74) is 14.1. The lowest BCUT2D eigenvalue weighted by atomic mass is 9.70. The van der Waals surface area contributed by atoms with Gasteiger partial charge in [-0.25, -0.2) is 9.97 Å². The monoisotopic (exact) mass is 495 g/mol. The van der Waals surface area contributed by atoms with E-state index in [9.17, 15) is 5.26 Å². The van der Waals surface area contributed by atoms with Gasteiger partial charge >= 0.3 is 0 Å². The molecule has 0 fully saturated rings. The summed E-state index contributed by atoms with van der Waals surface area (Å²) in [7, 11) is 0. The van der Waals surface area contributed by atoms with Crippen molar-refractivity contribution >= 4 is 0 Å². The zero-order chi connectivity index (χ0) is 26.0. The topological polar surface area (TPSA) is 49.6 Å². The molecule has 0 saturated carbocycles. The minimum Gasteiger partial charge on any atom is -0.248 e. The van der Waals surface area contributed by atoms with Gasteiger partial charge in [0.15, 0.2) is 0 Å². The first-order valence-corrected chi connectivity index (χ1v) is 13.1. The fourth-order valence-electron chi connectivity index (χ4n) is 6.66. The predicted molar refractivity (Wildman–Crippen MR) is 154 cm³/mol. The molecule has 0 N–H and O–H groups in total. The van der Waals surface area contributed by atoms with Crippen molar-refractivity contribution in [2.75, 3.05) is 0 Å². The molecule has 2 aromatic heterocycles. The summed E-state index contributed by atoms with van der Waals surface area (Å²) in [5, 5.41) is 9.31. The lowest BCUT2D eigenvalue weighted by Gasteiger charge is -2.30. The highest BCUT2D eigenvalue weighted by molar-refractivity contribution is 5.95. The van der Waals surface area contributed by atoms with Crippen LogP contribution < -0.4 is 0 Å². The highest BCUT2D eigenvalue weighted by atomic mass is 14.7. The maximum Gasteiger partial charge on any atom is 0.141 e. The van der Waals surface area contributed by atoms with Gasteiger partial charge in [0, 0.05) is 17.3 Å². The van der Waals surface area contributed by atoms with Crippen LogP contribution in [0.1, 0.15) is 27.9 Å². The summed E-state index contributed by atoms with van der Waals surface area (Å²) in [5.74, 6) is 0. The molecule has 6 aromatic rings. The summed E-state index contributed by atoms with van der Waals surface area (Å²) in [6.07, 6.45) is 1.66. The molecule has 3 nitrogen and oxygen atoms in total. The Hall–Kier alpha value is -5.33. The number of pyridine rings is 2. The molecule has 0 aliphatic heterocycles. The Balaban J connectivity index is 1.38. The number of rotatable bonds is 2. The third kappa shape index (κ3) is 2.92. The summed E-state index contributed by atoms with van der Waals surface area (Å²) in [6.45, 7) is 0. The Labute approximate surface area is 226 Å². The van der Waals surface area contributed by atoms with E-state index in [0.717, 1.165) is 22.5 Å². The van der Waals surface area contributed by atoms with E-state index in [1.54, 1.807) is 12.3 Å². The third-order valence-corrected chi connectivity index (χ3v) is 8.21. The van der Waals surface area contributed by atoms with Crippen LogP contribution in [0.5, 0.6) is 0 Å². The maximum absolute atomic E-state index is 9.31. The lowest BCUT2D eigenvalue weighted by Crippen LogP contribution is -2.25. The first-order chi connectivity index (χ1) is 19.3. The van der Waals surface area contributed by atoms with Gasteiger partial charge in [-0.05, 0) is 74.8 Å². The average Bonchev–Trinajstić information content (AvgIpc) is 3.48. The number of benzene rings is 4. The molecule has 4 aromatic carbocycles. The number of nitrogens with zero attached hydrogens (tertiary/aromatic N) is 3. The smallest absolute Gasteiger partial charge is 0.141 e. The van der Waals surface area contributed by atoms with Gasteiger partial charge in [0.1, 0.15) is 11.8 Å². The number of hydrogen-bond donors (Lipinski definition) is 0. The molecular formula is C36H21N3. The molecule has 1 spiro atoms. The molecule has 180 valence electrons. The van der Waals surface area contributed by atoms with Crippen LogP contribution >= 0.6 is 0 Å². The number of hydrogen-bond acceptors (Lipinski definition) is 3. The first kappa shape index (κ1) is 21.7. The molecule has 8 rings (SSSR count). The van der Waals surface area contributed by atoms with Gasteiger partial charge in [-0.1, -0.05) is 91.0 Å². The number of nitriles is 1. The Bertz CT molecular complexity index is 1930. The van der Waals surface area contributed by atoms with E-state index in [-0.39, 0.29) is 5.41 Å². The fraction of sp³-hybridized carbons (Fsp3) is 0.0278. The van der Waals surface area contributed by atoms with Gasteiger partial charge in [-0.15, -0.1) is 0 Å². The Morgan fingerprint density at radius 3 is 1.64 bits per heavy atom. The Morgan fingerprint density at radius 2 is 1.05 bits per heavy atom. The highest BCUT2D eigenvalue weighted by Crippen LogP contribution is 2.62. The van der Waals surface area contributed by atoms with Crippen LogP contribution in [-0.4, -0.2) is 9.97 Å². The van der Waals surface area contributed by atoms with Crippen molar-refractivity contribution in [3.05, 3.63) is 155 Å². The van der Waals surface area contributed by atoms with E-state index in [2.05, 4.69) is 108 Å². The molecule has 3 heteroatoms. The van der Waals surface area contributed by atoms with Gasteiger partial charge in [0.25, 0.3) is 0 Å². The molecular weight excluding hydrogens is 474 g/mol. The van der Waals surface area contributed by atoms with Crippen molar-refractivity contribution in [1.82, 2.24) is 9.97 Å². The molecule has 0 radical (unpaired) electrons. The zero-order valence-corrected chi connectivity index (χ0v) is 21.0. The van der Waals surface area contributed by atoms with E-state index >= 15 is 0 Å². The van der Waals surface area contributed by atoms with Gasteiger partial charge in [0.2, 0.25) is 0 Å². The lowest BCUT2D eigenvalue weighted by molar-refractivity contribution is 0.794.